The van der Waals surface area contributed by atoms with Crippen LogP contribution in [0.2, 0.25) is 0 Å². The maximum Gasteiger partial charge on any atom is 0.137 e. The summed E-state index contributed by atoms with van der Waals surface area (Å²) in [7, 11) is 0. The molecule has 0 amide bonds. The van der Waals surface area contributed by atoms with Crippen LogP contribution in [0.25, 0.3) is 0 Å². The first-order valence-electron chi connectivity index (χ1n) is 6.36. The fourth-order valence-electron chi connectivity index (χ4n) is 2.64. The van der Waals surface area contributed by atoms with Crippen LogP contribution in [-0.2, 0) is 6.42 Å². The topological polar surface area (TPSA) is 26.0 Å². The molecular formula is C14H19BrFN. The van der Waals surface area contributed by atoms with Crippen molar-refractivity contribution in [1.29, 1.82) is 0 Å². The third-order valence-corrected chi connectivity index (χ3v) is 4.31. The van der Waals surface area contributed by atoms with Gasteiger partial charge in [0.05, 0.1) is 4.47 Å². The summed E-state index contributed by atoms with van der Waals surface area (Å²) in [6.07, 6.45) is 7.14. The van der Waals surface area contributed by atoms with E-state index < -0.39 is 0 Å². The van der Waals surface area contributed by atoms with Gasteiger partial charge in [0.15, 0.2) is 0 Å². The molecule has 2 unspecified atom stereocenters. The minimum atomic E-state index is -0.195. The summed E-state index contributed by atoms with van der Waals surface area (Å²) in [6.45, 7) is 0. The maximum absolute atomic E-state index is 13.1. The van der Waals surface area contributed by atoms with Gasteiger partial charge in [-0.25, -0.2) is 4.39 Å². The SMILES string of the molecule is NC1CCCCCC1Cc1ccc(F)c(Br)c1. The minimum Gasteiger partial charge on any atom is -0.327 e. The smallest absolute Gasteiger partial charge is 0.137 e. The number of rotatable bonds is 2. The van der Waals surface area contributed by atoms with Crippen LogP contribution in [0.1, 0.15) is 37.7 Å². The third-order valence-electron chi connectivity index (χ3n) is 3.70. The molecule has 3 heteroatoms. The molecule has 2 atom stereocenters. The van der Waals surface area contributed by atoms with Gasteiger partial charge >= 0.3 is 0 Å². The van der Waals surface area contributed by atoms with Crippen molar-refractivity contribution in [1.82, 2.24) is 0 Å². The molecule has 1 aliphatic carbocycles. The Balaban J connectivity index is 2.05. The molecule has 1 aromatic rings. The summed E-state index contributed by atoms with van der Waals surface area (Å²) in [5, 5.41) is 0. The normalized spacial score (nSPS) is 25.6. The molecule has 2 N–H and O–H groups in total. The zero-order valence-corrected chi connectivity index (χ0v) is 11.5. The van der Waals surface area contributed by atoms with Gasteiger partial charge in [0.2, 0.25) is 0 Å². The first-order valence-corrected chi connectivity index (χ1v) is 7.15. The Morgan fingerprint density at radius 1 is 1.24 bits per heavy atom. The molecule has 0 aromatic heterocycles. The van der Waals surface area contributed by atoms with E-state index in [9.17, 15) is 4.39 Å². The molecule has 0 radical (unpaired) electrons. The van der Waals surface area contributed by atoms with E-state index in [1.54, 1.807) is 0 Å². The number of benzene rings is 1. The molecular weight excluding hydrogens is 281 g/mol. The second-order valence-corrected chi connectivity index (χ2v) is 5.87. The quantitative estimate of drug-likeness (QED) is 0.820. The van der Waals surface area contributed by atoms with E-state index in [2.05, 4.69) is 15.9 Å². The lowest BCUT2D eigenvalue weighted by molar-refractivity contribution is 0.395. The van der Waals surface area contributed by atoms with Crippen LogP contribution >= 0.6 is 15.9 Å². The fourth-order valence-corrected chi connectivity index (χ4v) is 3.06. The predicted molar refractivity (Wildman–Crippen MR) is 72.4 cm³/mol. The predicted octanol–water partition coefficient (Wildman–Crippen LogP) is 4.04. The van der Waals surface area contributed by atoms with Crippen molar-refractivity contribution in [2.24, 2.45) is 11.7 Å². The highest BCUT2D eigenvalue weighted by atomic mass is 79.9. The van der Waals surface area contributed by atoms with Gasteiger partial charge in [-0.15, -0.1) is 0 Å². The van der Waals surface area contributed by atoms with Crippen LogP contribution in [0.5, 0.6) is 0 Å². The highest BCUT2D eigenvalue weighted by molar-refractivity contribution is 9.10. The molecule has 0 bridgehead atoms. The highest BCUT2D eigenvalue weighted by Crippen LogP contribution is 2.27. The van der Waals surface area contributed by atoms with Gasteiger partial charge < -0.3 is 5.73 Å². The van der Waals surface area contributed by atoms with Gasteiger partial charge in [0, 0.05) is 6.04 Å². The summed E-state index contributed by atoms with van der Waals surface area (Å²) in [4.78, 5) is 0. The Hall–Kier alpha value is -0.410. The molecule has 0 aliphatic heterocycles. The second kappa shape index (κ2) is 5.96. The summed E-state index contributed by atoms with van der Waals surface area (Å²) in [5.41, 5.74) is 7.39. The fraction of sp³-hybridized carbons (Fsp3) is 0.571. The van der Waals surface area contributed by atoms with Gasteiger partial charge in [-0.05, 0) is 58.8 Å². The molecule has 1 saturated carbocycles. The van der Waals surface area contributed by atoms with E-state index >= 15 is 0 Å². The Labute approximate surface area is 111 Å². The first kappa shape index (κ1) is 13.0. The van der Waals surface area contributed by atoms with E-state index in [0.29, 0.717) is 16.4 Å². The first-order chi connectivity index (χ1) is 8.16. The second-order valence-electron chi connectivity index (χ2n) is 5.01. The van der Waals surface area contributed by atoms with Crippen LogP contribution < -0.4 is 5.73 Å². The molecule has 0 heterocycles. The van der Waals surface area contributed by atoms with Crippen molar-refractivity contribution >= 4 is 15.9 Å². The van der Waals surface area contributed by atoms with E-state index in [4.69, 9.17) is 5.73 Å². The molecule has 94 valence electrons. The molecule has 0 saturated heterocycles. The van der Waals surface area contributed by atoms with E-state index in [-0.39, 0.29) is 5.82 Å². The Morgan fingerprint density at radius 3 is 2.76 bits per heavy atom. The maximum atomic E-state index is 13.1. The Kier molecular flexibility index (Phi) is 4.57. The lowest BCUT2D eigenvalue weighted by Crippen LogP contribution is -2.30. The van der Waals surface area contributed by atoms with Crippen LogP contribution in [0, 0.1) is 11.7 Å². The molecule has 1 aliphatic rings. The Bertz CT molecular complexity index is 380. The van der Waals surface area contributed by atoms with Crippen molar-refractivity contribution in [3.05, 3.63) is 34.1 Å². The molecule has 1 fully saturated rings. The monoisotopic (exact) mass is 299 g/mol. The van der Waals surface area contributed by atoms with E-state index in [1.807, 2.05) is 12.1 Å². The van der Waals surface area contributed by atoms with Crippen molar-refractivity contribution in [3.63, 3.8) is 0 Å². The van der Waals surface area contributed by atoms with Gasteiger partial charge in [-0.3, -0.25) is 0 Å². The van der Waals surface area contributed by atoms with Gasteiger partial charge in [-0.1, -0.05) is 25.3 Å². The standard InChI is InChI=1S/C14H19BrFN/c15-12-9-10(6-7-13(12)16)8-11-4-2-1-3-5-14(11)17/h6-7,9,11,14H,1-5,8,17H2. The summed E-state index contributed by atoms with van der Waals surface area (Å²) in [5.74, 6) is 0.355. The van der Waals surface area contributed by atoms with Gasteiger partial charge in [0.1, 0.15) is 5.82 Å². The van der Waals surface area contributed by atoms with Crippen LogP contribution in [0.4, 0.5) is 4.39 Å². The highest BCUT2D eigenvalue weighted by Gasteiger charge is 2.20. The number of hydrogen-bond acceptors (Lipinski definition) is 1. The average Bonchev–Trinajstić information content (AvgIpc) is 2.50. The molecule has 1 nitrogen and oxygen atoms in total. The molecule has 1 aromatic carbocycles. The third kappa shape index (κ3) is 3.52. The molecule has 0 spiro atoms. The zero-order chi connectivity index (χ0) is 12.3. The largest absolute Gasteiger partial charge is 0.327 e. The van der Waals surface area contributed by atoms with E-state index in [1.165, 1.54) is 37.3 Å². The molecule has 17 heavy (non-hydrogen) atoms. The molecule has 2 rings (SSSR count). The van der Waals surface area contributed by atoms with Gasteiger partial charge in [0.25, 0.3) is 0 Å². The van der Waals surface area contributed by atoms with Crippen molar-refractivity contribution in [3.8, 4) is 0 Å². The lowest BCUT2D eigenvalue weighted by Gasteiger charge is -2.21. The Morgan fingerprint density at radius 2 is 2.00 bits per heavy atom. The minimum absolute atomic E-state index is 0.195. The van der Waals surface area contributed by atoms with Gasteiger partial charge in [-0.2, -0.15) is 0 Å². The lowest BCUT2D eigenvalue weighted by atomic mass is 9.89. The van der Waals surface area contributed by atoms with Crippen molar-refractivity contribution < 1.29 is 4.39 Å². The summed E-state index contributed by atoms with van der Waals surface area (Å²) < 4.78 is 13.7. The van der Waals surface area contributed by atoms with Crippen molar-refractivity contribution in [2.75, 3.05) is 0 Å². The number of nitrogens with two attached hydrogens (primary N) is 1. The zero-order valence-electron chi connectivity index (χ0n) is 9.96. The summed E-state index contributed by atoms with van der Waals surface area (Å²) >= 11 is 3.24. The number of hydrogen-bond donors (Lipinski definition) is 1. The van der Waals surface area contributed by atoms with Crippen LogP contribution in [0.3, 0.4) is 0 Å². The average molecular weight is 300 g/mol. The summed E-state index contributed by atoms with van der Waals surface area (Å²) in [6, 6.07) is 5.59. The van der Waals surface area contributed by atoms with Crippen LogP contribution in [-0.4, -0.2) is 6.04 Å². The number of halogens is 2. The van der Waals surface area contributed by atoms with Crippen LogP contribution in [0.15, 0.2) is 22.7 Å². The van der Waals surface area contributed by atoms with Crippen molar-refractivity contribution in [2.45, 2.75) is 44.6 Å². The van der Waals surface area contributed by atoms with E-state index in [0.717, 1.165) is 12.8 Å².